The maximum Gasteiger partial charge on any atom is 0.242 e. The normalized spacial score (nSPS) is 12.0. The van der Waals surface area contributed by atoms with Crippen molar-refractivity contribution in [2.75, 3.05) is 40.4 Å². The maximum absolute atomic E-state index is 12.1. The van der Waals surface area contributed by atoms with E-state index in [9.17, 15) is 8.42 Å². The Morgan fingerprint density at radius 3 is 2.80 bits per heavy atom. The van der Waals surface area contributed by atoms with E-state index in [0.29, 0.717) is 18.9 Å². The minimum atomic E-state index is -3.59. The van der Waals surface area contributed by atoms with Crippen molar-refractivity contribution in [1.82, 2.24) is 14.6 Å². The van der Waals surface area contributed by atoms with Gasteiger partial charge in [0.25, 0.3) is 0 Å². The molecule has 0 fully saturated rings. The molecule has 1 rings (SSSR count). The molecule has 0 bridgehead atoms. The van der Waals surface area contributed by atoms with Crippen molar-refractivity contribution < 1.29 is 13.2 Å². The molecule has 0 aliphatic carbocycles. The lowest BCUT2D eigenvalue weighted by molar-refractivity contribution is 0.122. The van der Waals surface area contributed by atoms with Gasteiger partial charge in [0.05, 0.1) is 18.9 Å². The second-order valence-electron chi connectivity index (χ2n) is 4.47. The van der Waals surface area contributed by atoms with Gasteiger partial charge in [0, 0.05) is 25.8 Å². The zero-order valence-electron chi connectivity index (χ0n) is 11.9. The highest BCUT2D eigenvalue weighted by atomic mass is 32.2. The highest BCUT2D eigenvalue weighted by molar-refractivity contribution is 7.89. The van der Waals surface area contributed by atoms with Gasteiger partial charge in [0.1, 0.15) is 4.90 Å². The molecule has 0 atom stereocenters. The third-order valence-electron chi connectivity index (χ3n) is 2.55. The number of hydrogen-bond acceptors (Lipinski definition) is 6. The summed E-state index contributed by atoms with van der Waals surface area (Å²) in [6, 6.07) is 3.06. The second kappa shape index (κ2) is 8.28. The Hall–Kier alpha value is -1.06. The number of rotatable bonds is 9. The summed E-state index contributed by atoms with van der Waals surface area (Å²) in [5, 5.41) is 0. The van der Waals surface area contributed by atoms with Crippen LogP contribution in [0.2, 0.25) is 0 Å². The highest BCUT2D eigenvalue weighted by Crippen LogP contribution is 2.11. The van der Waals surface area contributed by atoms with Crippen molar-refractivity contribution in [3.05, 3.63) is 24.0 Å². The van der Waals surface area contributed by atoms with Crippen molar-refractivity contribution in [3.8, 4) is 0 Å². The fraction of sp³-hybridized carbons (Fsp3) is 0.583. The predicted molar refractivity (Wildman–Crippen MR) is 76.7 cm³/mol. The number of nitrogens with zero attached hydrogens (tertiary/aromatic N) is 2. The van der Waals surface area contributed by atoms with Crippen LogP contribution in [0.4, 0.5) is 0 Å². The molecule has 0 spiro atoms. The average Bonchev–Trinajstić information content (AvgIpc) is 2.42. The summed E-state index contributed by atoms with van der Waals surface area (Å²) in [7, 11) is 0.305. The molecule has 0 unspecified atom stereocenters. The highest BCUT2D eigenvalue weighted by Gasteiger charge is 2.17. The standard InChI is InChI=1S/C12H22N4O3S/c1-16(2)7-9-19-8-6-15-20(17,18)12-4-3-5-14-11(12)10-13/h3-5,15H,6-10,13H2,1-2H3. The van der Waals surface area contributed by atoms with Crippen molar-refractivity contribution >= 4 is 10.0 Å². The van der Waals surface area contributed by atoms with E-state index in [0.717, 1.165) is 6.54 Å². The molecular weight excluding hydrogens is 280 g/mol. The molecular formula is C12H22N4O3S. The van der Waals surface area contributed by atoms with Crippen LogP contribution in [0.25, 0.3) is 0 Å². The summed E-state index contributed by atoms with van der Waals surface area (Å²) in [4.78, 5) is 6.07. The van der Waals surface area contributed by atoms with Crippen LogP contribution in [-0.2, 0) is 21.3 Å². The number of pyridine rings is 1. The van der Waals surface area contributed by atoms with Crippen LogP contribution in [-0.4, -0.2) is 58.7 Å². The Morgan fingerprint density at radius 2 is 2.15 bits per heavy atom. The van der Waals surface area contributed by atoms with Gasteiger partial charge in [0.15, 0.2) is 0 Å². The molecule has 0 saturated heterocycles. The van der Waals surface area contributed by atoms with Gasteiger partial charge in [-0.25, -0.2) is 13.1 Å². The van der Waals surface area contributed by atoms with Gasteiger partial charge in [-0.05, 0) is 26.2 Å². The molecule has 0 aromatic carbocycles. The Balaban J connectivity index is 2.46. The molecule has 0 aliphatic heterocycles. The van der Waals surface area contributed by atoms with Crippen LogP contribution in [0.3, 0.4) is 0 Å². The Bertz CT molecular complexity index is 505. The molecule has 0 saturated carbocycles. The number of sulfonamides is 1. The van der Waals surface area contributed by atoms with E-state index in [-0.39, 0.29) is 18.0 Å². The predicted octanol–water partition coefficient (Wildman–Crippen LogP) is -0.603. The van der Waals surface area contributed by atoms with E-state index < -0.39 is 10.0 Å². The molecule has 0 aliphatic rings. The molecule has 1 heterocycles. The average molecular weight is 302 g/mol. The van der Waals surface area contributed by atoms with Crippen molar-refractivity contribution in [2.24, 2.45) is 5.73 Å². The lowest BCUT2D eigenvalue weighted by Crippen LogP contribution is -2.29. The molecule has 20 heavy (non-hydrogen) atoms. The fourth-order valence-electron chi connectivity index (χ4n) is 1.50. The molecule has 3 N–H and O–H groups in total. The third-order valence-corrected chi connectivity index (χ3v) is 4.09. The van der Waals surface area contributed by atoms with E-state index in [2.05, 4.69) is 9.71 Å². The first kappa shape index (κ1) is 17.0. The molecule has 1 aromatic rings. The van der Waals surface area contributed by atoms with Gasteiger partial charge in [0.2, 0.25) is 10.0 Å². The van der Waals surface area contributed by atoms with E-state index in [1.54, 1.807) is 6.07 Å². The van der Waals surface area contributed by atoms with Crippen LogP contribution in [0.15, 0.2) is 23.2 Å². The van der Waals surface area contributed by atoms with Gasteiger partial charge in [-0.2, -0.15) is 0 Å². The SMILES string of the molecule is CN(C)CCOCCNS(=O)(=O)c1cccnc1CN. The Morgan fingerprint density at radius 1 is 1.40 bits per heavy atom. The van der Waals surface area contributed by atoms with E-state index in [1.807, 2.05) is 19.0 Å². The summed E-state index contributed by atoms with van der Waals surface area (Å²) in [6.07, 6.45) is 1.52. The monoisotopic (exact) mass is 302 g/mol. The van der Waals surface area contributed by atoms with E-state index in [4.69, 9.17) is 10.5 Å². The van der Waals surface area contributed by atoms with Gasteiger partial charge in [-0.15, -0.1) is 0 Å². The van der Waals surface area contributed by atoms with Crippen molar-refractivity contribution in [3.63, 3.8) is 0 Å². The smallest absolute Gasteiger partial charge is 0.242 e. The van der Waals surface area contributed by atoms with Crippen LogP contribution in [0.1, 0.15) is 5.69 Å². The first-order chi connectivity index (χ1) is 9.47. The molecule has 0 amide bonds. The van der Waals surface area contributed by atoms with Crippen LogP contribution >= 0.6 is 0 Å². The number of likely N-dealkylation sites (N-methyl/N-ethyl adjacent to an activating group) is 1. The van der Waals surface area contributed by atoms with Crippen LogP contribution in [0, 0.1) is 0 Å². The number of nitrogens with one attached hydrogen (secondary N) is 1. The minimum absolute atomic E-state index is 0.0798. The number of nitrogens with two attached hydrogens (primary N) is 1. The van der Waals surface area contributed by atoms with Crippen LogP contribution in [0.5, 0.6) is 0 Å². The van der Waals surface area contributed by atoms with Gasteiger partial charge < -0.3 is 15.4 Å². The first-order valence-corrected chi connectivity index (χ1v) is 7.82. The largest absolute Gasteiger partial charge is 0.379 e. The topological polar surface area (TPSA) is 97.5 Å². The zero-order chi connectivity index (χ0) is 15.0. The fourth-order valence-corrected chi connectivity index (χ4v) is 2.71. The zero-order valence-corrected chi connectivity index (χ0v) is 12.7. The summed E-state index contributed by atoms with van der Waals surface area (Å²) < 4.78 is 32.0. The quantitative estimate of drug-likeness (QED) is 0.591. The van der Waals surface area contributed by atoms with Gasteiger partial charge >= 0.3 is 0 Å². The summed E-state index contributed by atoms with van der Waals surface area (Å²) >= 11 is 0. The molecule has 8 heteroatoms. The van der Waals surface area contributed by atoms with E-state index >= 15 is 0 Å². The number of ether oxygens (including phenoxy) is 1. The summed E-state index contributed by atoms with van der Waals surface area (Å²) in [5.74, 6) is 0. The summed E-state index contributed by atoms with van der Waals surface area (Å²) in [5.41, 5.74) is 5.84. The maximum atomic E-state index is 12.1. The number of aromatic nitrogens is 1. The van der Waals surface area contributed by atoms with Gasteiger partial charge in [-0.3, -0.25) is 4.98 Å². The van der Waals surface area contributed by atoms with Crippen molar-refractivity contribution in [2.45, 2.75) is 11.4 Å². The Labute approximate surface area is 120 Å². The van der Waals surface area contributed by atoms with Gasteiger partial charge in [-0.1, -0.05) is 0 Å². The van der Waals surface area contributed by atoms with Crippen molar-refractivity contribution in [1.29, 1.82) is 0 Å². The summed E-state index contributed by atoms with van der Waals surface area (Å²) in [6.45, 7) is 1.98. The first-order valence-electron chi connectivity index (χ1n) is 6.33. The molecule has 114 valence electrons. The Kier molecular flexibility index (Phi) is 7.03. The molecule has 0 radical (unpaired) electrons. The lowest BCUT2D eigenvalue weighted by atomic mass is 10.3. The molecule has 7 nitrogen and oxygen atoms in total. The lowest BCUT2D eigenvalue weighted by Gasteiger charge is -2.11. The molecule has 1 aromatic heterocycles. The van der Waals surface area contributed by atoms with Crippen LogP contribution < -0.4 is 10.5 Å². The number of hydrogen-bond donors (Lipinski definition) is 2. The second-order valence-corrected chi connectivity index (χ2v) is 6.20. The van der Waals surface area contributed by atoms with E-state index in [1.165, 1.54) is 12.3 Å². The minimum Gasteiger partial charge on any atom is -0.379 e. The third kappa shape index (κ3) is 5.51.